The molecule has 1 fully saturated rings. The second-order valence-corrected chi connectivity index (χ2v) is 8.70. The molecule has 0 saturated carbocycles. The molecule has 1 unspecified atom stereocenters. The van der Waals surface area contributed by atoms with Gasteiger partial charge in [-0.25, -0.2) is 0 Å². The van der Waals surface area contributed by atoms with E-state index in [-0.39, 0.29) is 12.0 Å². The fourth-order valence-electron chi connectivity index (χ4n) is 3.20. The fourth-order valence-corrected chi connectivity index (χ4v) is 4.15. The van der Waals surface area contributed by atoms with Gasteiger partial charge in [-0.15, -0.1) is 11.8 Å². The Labute approximate surface area is 166 Å². The van der Waals surface area contributed by atoms with Crippen LogP contribution in [0.3, 0.4) is 0 Å². The van der Waals surface area contributed by atoms with Gasteiger partial charge in [0.25, 0.3) is 5.91 Å². The Morgan fingerprint density at radius 1 is 1.19 bits per heavy atom. The van der Waals surface area contributed by atoms with Gasteiger partial charge in [-0.2, -0.15) is 0 Å². The lowest BCUT2D eigenvalue weighted by Crippen LogP contribution is -2.47. The van der Waals surface area contributed by atoms with Crippen molar-refractivity contribution in [3.8, 4) is 0 Å². The molecule has 1 heterocycles. The van der Waals surface area contributed by atoms with Crippen LogP contribution in [0.2, 0.25) is 0 Å². The van der Waals surface area contributed by atoms with Gasteiger partial charge >= 0.3 is 0 Å². The summed E-state index contributed by atoms with van der Waals surface area (Å²) in [5.74, 6) is -0.0254. The molecule has 5 heteroatoms. The van der Waals surface area contributed by atoms with Crippen LogP contribution in [0.5, 0.6) is 0 Å². The van der Waals surface area contributed by atoms with E-state index in [0.717, 1.165) is 30.1 Å². The number of benzene rings is 2. The van der Waals surface area contributed by atoms with E-state index in [2.05, 4.69) is 48.3 Å². The Bertz CT molecular complexity index is 736. The lowest BCUT2D eigenvalue weighted by atomic mass is 10.2. The highest BCUT2D eigenvalue weighted by Gasteiger charge is 2.22. The maximum absolute atomic E-state index is 12.7. The molecule has 1 saturated heterocycles. The van der Waals surface area contributed by atoms with E-state index in [1.165, 1.54) is 5.56 Å². The van der Waals surface area contributed by atoms with Crippen LogP contribution in [0.1, 0.15) is 29.8 Å². The van der Waals surface area contributed by atoms with Gasteiger partial charge in [0.2, 0.25) is 0 Å². The zero-order valence-corrected chi connectivity index (χ0v) is 16.9. The molecular weight excluding hydrogens is 356 g/mol. The van der Waals surface area contributed by atoms with Crippen molar-refractivity contribution in [2.45, 2.75) is 36.6 Å². The molecule has 2 aromatic carbocycles. The topological polar surface area (TPSA) is 41.6 Å². The Hall–Kier alpha value is -1.82. The minimum atomic E-state index is -0.0254. The first-order chi connectivity index (χ1) is 13.1. The Morgan fingerprint density at radius 3 is 2.70 bits per heavy atom. The molecule has 2 aromatic rings. The van der Waals surface area contributed by atoms with Gasteiger partial charge in [-0.1, -0.05) is 56.3 Å². The number of hydrogen-bond donors (Lipinski definition) is 1. The van der Waals surface area contributed by atoms with Crippen LogP contribution >= 0.6 is 11.8 Å². The number of thioether (sulfide) groups is 1. The maximum atomic E-state index is 12.7. The average Bonchev–Trinajstić information content (AvgIpc) is 2.67. The molecule has 1 aliphatic heterocycles. The summed E-state index contributed by atoms with van der Waals surface area (Å²) >= 11 is 1.72. The fraction of sp³-hybridized carbons (Fsp3) is 0.409. The van der Waals surface area contributed by atoms with E-state index in [1.54, 1.807) is 11.8 Å². The standard InChI is InChI=1S/C22H28N2O2S/c1-17(2)27-21-11-7-6-10-20(21)22(25)23-14-19-16-24(12-13-26-19)15-18-8-4-3-5-9-18/h3-11,17,19H,12-16H2,1-2H3,(H,23,25). The van der Waals surface area contributed by atoms with Gasteiger partial charge in [-0.3, -0.25) is 9.69 Å². The molecule has 1 atom stereocenters. The molecule has 144 valence electrons. The van der Waals surface area contributed by atoms with E-state index < -0.39 is 0 Å². The number of amides is 1. The van der Waals surface area contributed by atoms with E-state index in [9.17, 15) is 4.79 Å². The van der Waals surface area contributed by atoms with Crippen molar-refractivity contribution >= 4 is 17.7 Å². The molecule has 0 aliphatic carbocycles. The largest absolute Gasteiger partial charge is 0.374 e. The Kier molecular flexibility index (Phi) is 7.33. The number of nitrogens with zero attached hydrogens (tertiary/aromatic N) is 1. The molecule has 4 nitrogen and oxygen atoms in total. The SMILES string of the molecule is CC(C)Sc1ccccc1C(=O)NCC1CN(Cc2ccccc2)CCO1. The lowest BCUT2D eigenvalue weighted by Gasteiger charge is -2.33. The van der Waals surface area contributed by atoms with Crippen molar-refractivity contribution in [2.24, 2.45) is 0 Å². The second-order valence-electron chi connectivity index (χ2n) is 7.09. The number of carbonyl (C=O) groups is 1. The van der Waals surface area contributed by atoms with Gasteiger partial charge in [-0.05, 0) is 17.7 Å². The predicted molar refractivity (Wildman–Crippen MR) is 111 cm³/mol. The average molecular weight is 385 g/mol. The highest BCUT2D eigenvalue weighted by Crippen LogP contribution is 2.26. The number of ether oxygens (including phenoxy) is 1. The van der Waals surface area contributed by atoms with Gasteiger partial charge in [0.15, 0.2) is 0 Å². The van der Waals surface area contributed by atoms with Crippen molar-refractivity contribution in [1.82, 2.24) is 10.2 Å². The Balaban J connectivity index is 1.53. The van der Waals surface area contributed by atoms with Gasteiger partial charge < -0.3 is 10.1 Å². The molecular formula is C22H28N2O2S. The van der Waals surface area contributed by atoms with Crippen LogP contribution < -0.4 is 5.32 Å². The molecule has 1 N–H and O–H groups in total. The Morgan fingerprint density at radius 2 is 1.93 bits per heavy atom. The molecule has 27 heavy (non-hydrogen) atoms. The van der Waals surface area contributed by atoms with E-state index in [0.29, 0.717) is 18.4 Å². The summed E-state index contributed by atoms with van der Waals surface area (Å²) in [5, 5.41) is 3.50. The van der Waals surface area contributed by atoms with Crippen LogP contribution in [-0.4, -0.2) is 48.4 Å². The molecule has 0 spiro atoms. The summed E-state index contributed by atoms with van der Waals surface area (Å²) in [4.78, 5) is 16.1. The highest BCUT2D eigenvalue weighted by atomic mass is 32.2. The quantitative estimate of drug-likeness (QED) is 0.737. The summed E-state index contributed by atoms with van der Waals surface area (Å²) < 4.78 is 5.87. The summed E-state index contributed by atoms with van der Waals surface area (Å²) in [6.45, 7) is 8.18. The van der Waals surface area contributed by atoms with E-state index >= 15 is 0 Å². The first-order valence-corrected chi connectivity index (χ1v) is 10.4. The van der Waals surface area contributed by atoms with Crippen LogP contribution in [0.15, 0.2) is 59.5 Å². The van der Waals surface area contributed by atoms with Crippen molar-refractivity contribution < 1.29 is 9.53 Å². The highest BCUT2D eigenvalue weighted by molar-refractivity contribution is 8.00. The van der Waals surface area contributed by atoms with Crippen LogP contribution in [0.4, 0.5) is 0 Å². The molecule has 3 rings (SSSR count). The maximum Gasteiger partial charge on any atom is 0.252 e. The molecule has 1 aliphatic rings. The number of carbonyl (C=O) groups excluding carboxylic acids is 1. The van der Waals surface area contributed by atoms with E-state index in [4.69, 9.17) is 4.74 Å². The van der Waals surface area contributed by atoms with Gasteiger partial charge in [0.1, 0.15) is 0 Å². The minimum Gasteiger partial charge on any atom is -0.374 e. The number of rotatable bonds is 7. The first-order valence-electron chi connectivity index (χ1n) is 9.53. The zero-order chi connectivity index (χ0) is 19.1. The van der Waals surface area contributed by atoms with Crippen molar-refractivity contribution in [1.29, 1.82) is 0 Å². The van der Waals surface area contributed by atoms with Crippen molar-refractivity contribution in [2.75, 3.05) is 26.2 Å². The van der Waals surface area contributed by atoms with Crippen LogP contribution in [-0.2, 0) is 11.3 Å². The normalized spacial score (nSPS) is 17.8. The number of morpholine rings is 1. The number of hydrogen-bond acceptors (Lipinski definition) is 4. The smallest absolute Gasteiger partial charge is 0.252 e. The van der Waals surface area contributed by atoms with Gasteiger partial charge in [0.05, 0.1) is 18.3 Å². The van der Waals surface area contributed by atoms with Gasteiger partial charge in [0, 0.05) is 36.3 Å². The molecule has 0 radical (unpaired) electrons. The summed E-state index contributed by atoms with van der Waals surface area (Å²) in [7, 11) is 0. The third-order valence-corrected chi connectivity index (χ3v) is 5.54. The van der Waals surface area contributed by atoms with Crippen molar-refractivity contribution in [3.63, 3.8) is 0 Å². The predicted octanol–water partition coefficient (Wildman–Crippen LogP) is 3.82. The third kappa shape index (κ3) is 6.09. The second kappa shape index (κ2) is 9.93. The zero-order valence-electron chi connectivity index (χ0n) is 16.1. The summed E-state index contributed by atoms with van der Waals surface area (Å²) in [6, 6.07) is 18.3. The third-order valence-electron chi connectivity index (χ3n) is 4.46. The van der Waals surface area contributed by atoms with Crippen LogP contribution in [0, 0.1) is 0 Å². The molecule has 0 bridgehead atoms. The van der Waals surface area contributed by atoms with Crippen molar-refractivity contribution in [3.05, 3.63) is 65.7 Å². The summed E-state index contributed by atoms with van der Waals surface area (Å²) in [5.41, 5.74) is 2.05. The summed E-state index contributed by atoms with van der Waals surface area (Å²) in [6.07, 6.45) is 0.0244. The first kappa shape index (κ1) is 19.9. The van der Waals surface area contributed by atoms with E-state index in [1.807, 2.05) is 30.3 Å². The van der Waals surface area contributed by atoms with Crippen LogP contribution in [0.25, 0.3) is 0 Å². The molecule has 1 amide bonds. The number of nitrogens with one attached hydrogen (secondary N) is 1. The monoisotopic (exact) mass is 384 g/mol. The minimum absolute atomic E-state index is 0.0244. The molecule has 0 aromatic heterocycles. The lowest BCUT2D eigenvalue weighted by molar-refractivity contribution is -0.0292.